The van der Waals surface area contributed by atoms with Crippen LogP contribution in [0.3, 0.4) is 0 Å². The number of carbonyl (C=O) groups is 2. The molecule has 230 valence electrons. The number of fused-ring (bicyclic) bond motifs is 4. The molecule has 2 amide bonds. The molecule has 1 N–H and O–H groups in total. The number of allylic oxidation sites excluding steroid dienone is 2. The van der Waals surface area contributed by atoms with E-state index in [9.17, 15) is 28.7 Å². The molecule has 0 unspecified atom stereocenters. The fraction of sp³-hybridized carbons (Fsp3) is 0.273. The summed E-state index contributed by atoms with van der Waals surface area (Å²) < 4.78 is 23.5. The van der Waals surface area contributed by atoms with E-state index >= 15 is 0 Å². The molecule has 7 rings (SSSR count). The van der Waals surface area contributed by atoms with E-state index in [1.807, 2.05) is 0 Å². The van der Waals surface area contributed by atoms with Crippen molar-refractivity contribution in [2.75, 3.05) is 11.5 Å². The average molecular weight is 631 g/mol. The fourth-order valence-corrected chi connectivity index (χ4v) is 7.51. The number of hydrogen-bond acceptors (Lipinski definition) is 6. The SMILES string of the molecule is CCOc1cccc([C@H]2C3=CCn4c(=O)n(-c5ccccc5)c(=O)n4[C@@H]3C[C@H]3C(=O)N(c4ccc(F)c(Cl)c4)C(=O)[C@@]23C)c1O. The highest BCUT2D eigenvalue weighted by Crippen LogP contribution is 2.62. The molecule has 4 aromatic rings. The highest BCUT2D eigenvalue weighted by Gasteiger charge is 2.66. The zero-order valence-corrected chi connectivity index (χ0v) is 25.1. The Kier molecular flexibility index (Phi) is 6.63. The lowest BCUT2D eigenvalue weighted by Gasteiger charge is -2.47. The minimum atomic E-state index is -1.43. The van der Waals surface area contributed by atoms with Gasteiger partial charge < -0.3 is 9.84 Å². The number of imide groups is 1. The van der Waals surface area contributed by atoms with Gasteiger partial charge >= 0.3 is 11.4 Å². The van der Waals surface area contributed by atoms with Crippen molar-refractivity contribution in [1.29, 1.82) is 0 Å². The molecule has 10 nitrogen and oxygen atoms in total. The number of phenols is 1. The predicted octanol–water partition coefficient (Wildman–Crippen LogP) is 4.56. The van der Waals surface area contributed by atoms with Crippen molar-refractivity contribution < 1.29 is 23.8 Å². The van der Waals surface area contributed by atoms with Crippen LogP contribution in [0.1, 0.15) is 37.8 Å². The number of carbonyl (C=O) groups excluding carboxylic acids is 2. The van der Waals surface area contributed by atoms with Gasteiger partial charge in [-0.15, -0.1) is 0 Å². The van der Waals surface area contributed by atoms with Gasteiger partial charge in [-0.3, -0.25) is 9.59 Å². The van der Waals surface area contributed by atoms with Gasteiger partial charge in [0.1, 0.15) is 5.82 Å². The number of amides is 2. The van der Waals surface area contributed by atoms with Crippen molar-refractivity contribution in [2.45, 2.75) is 38.8 Å². The Morgan fingerprint density at radius 1 is 1.00 bits per heavy atom. The zero-order chi connectivity index (χ0) is 31.8. The number of rotatable bonds is 5. The van der Waals surface area contributed by atoms with E-state index in [1.165, 1.54) is 21.5 Å². The Morgan fingerprint density at radius 2 is 1.76 bits per heavy atom. The Bertz CT molecular complexity index is 2050. The van der Waals surface area contributed by atoms with Gasteiger partial charge in [0.25, 0.3) is 0 Å². The van der Waals surface area contributed by atoms with Crippen LogP contribution in [0.4, 0.5) is 10.1 Å². The van der Waals surface area contributed by atoms with Crippen LogP contribution in [0.15, 0.2) is 88.0 Å². The summed E-state index contributed by atoms with van der Waals surface area (Å²) in [7, 11) is 0. The van der Waals surface area contributed by atoms with Gasteiger partial charge in [0, 0.05) is 11.5 Å². The monoisotopic (exact) mass is 630 g/mol. The number of aromatic nitrogens is 3. The van der Waals surface area contributed by atoms with E-state index in [2.05, 4.69) is 0 Å². The highest BCUT2D eigenvalue weighted by atomic mass is 35.5. The molecule has 45 heavy (non-hydrogen) atoms. The lowest BCUT2D eigenvalue weighted by atomic mass is 9.56. The van der Waals surface area contributed by atoms with Gasteiger partial charge in [-0.05, 0) is 62.2 Å². The summed E-state index contributed by atoms with van der Waals surface area (Å²) >= 11 is 6.06. The molecular formula is C33H28ClFN4O6. The molecule has 3 aliphatic rings. The molecule has 1 saturated heterocycles. The molecule has 2 fully saturated rings. The van der Waals surface area contributed by atoms with Crippen LogP contribution in [0.5, 0.6) is 11.5 Å². The van der Waals surface area contributed by atoms with Crippen LogP contribution in [-0.2, 0) is 16.1 Å². The molecule has 2 aliphatic heterocycles. The average Bonchev–Trinajstić information content (AvgIpc) is 3.40. The number of phenolic OH excluding ortho intramolecular Hbond substituents is 1. The van der Waals surface area contributed by atoms with Crippen LogP contribution in [0.25, 0.3) is 5.69 Å². The lowest BCUT2D eigenvalue weighted by molar-refractivity contribution is -0.129. The van der Waals surface area contributed by atoms with Crippen molar-refractivity contribution >= 4 is 29.1 Å². The van der Waals surface area contributed by atoms with Crippen molar-refractivity contribution in [2.24, 2.45) is 11.3 Å². The Morgan fingerprint density at radius 3 is 2.47 bits per heavy atom. The maximum Gasteiger partial charge on any atom is 0.352 e. The maximum absolute atomic E-state index is 14.5. The first-order valence-electron chi connectivity index (χ1n) is 14.6. The minimum Gasteiger partial charge on any atom is -0.504 e. The Hall–Kier alpha value is -4.90. The fourth-order valence-electron chi connectivity index (χ4n) is 7.33. The van der Waals surface area contributed by atoms with Crippen molar-refractivity contribution in [3.63, 3.8) is 0 Å². The Labute approximate surface area is 261 Å². The largest absolute Gasteiger partial charge is 0.504 e. The number of nitrogens with zero attached hydrogens (tertiary/aromatic N) is 4. The normalized spacial score (nSPS) is 23.8. The predicted molar refractivity (Wildman–Crippen MR) is 164 cm³/mol. The van der Waals surface area contributed by atoms with Crippen molar-refractivity contribution in [3.8, 4) is 17.2 Å². The summed E-state index contributed by atoms with van der Waals surface area (Å²) in [6, 6.07) is 16.3. The third-order valence-electron chi connectivity index (χ3n) is 9.35. The zero-order valence-electron chi connectivity index (χ0n) is 24.3. The molecule has 0 radical (unpaired) electrons. The number of hydrogen-bond donors (Lipinski definition) is 1. The third-order valence-corrected chi connectivity index (χ3v) is 9.64. The van der Waals surface area contributed by atoms with Gasteiger partial charge in [0.2, 0.25) is 11.8 Å². The van der Waals surface area contributed by atoms with Crippen LogP contribution >= 0.6 is 11.6 Å². The second kappa shape index (κ2) is 10.3. The first-order chi connectivity index (χ1) is 21.6. The number of halogens is 2. The van der Waals surface area contributed by atoms with Gasteiger partial charge in [-0.25, -0.2) is 32.8 Å². The topological polar surface area (TPSA) is 116 Å². The third kappa shape index (κ3) is 3.99. The molecule has 0 bridgehead atoms. The molecule has 12 heteroatoms. The smallest absolute Gasteiger partial charge is 0.352 e. The van der Waals surface area contributed by atoms with Crippen LogP contribution in [0.2, 0.25) is 5.02 Å². The highest BCUT2D eigenvalue weighted by molar-refractivity contribution is 6.31. The van der Waals surface area contributed by atoms with Gasteiger partial charge in [0.15, 0.2) is 11.5 Å². The molecule has 3 heterocycles. The van der Waals surface area contributed by atoms with Gasteiger partial charge in [-0.2, -0.15) is 0 Å². The summed E-state index contributed by atoms with van der Waals surface area (Å²) in [5, 5.41) is 11.2. The number of para-hydroxylation sites is 2. The number of ether oxygens (including phenoxy) is 1. The van der Waals surface area contributed by atoms with E-state index in [1.54, 1.807) is 68.5 Å². The number of aromatic hydroxyl groups is 1. The second-order valence-electron chi connectivity index (χ2n) is 11.6. The van der Waals surface area contributed by atoms with Gasteiger partial charge in [-0.1, -0.05) is 48.0 Å². The standard InChI is InChI=1S/C33H28ClFN4O6/c1-3-45-26-11-7-10-21(28(26)40)27-20-14-15-36-31(43)38(18-8-5-4-6-9-18)32(44)39(36)25(20)17-22-29(41)37(30(42)33(22,27)2)19-12-13-24(35)23(34)16-19/h4-14,16,22,25,27,40H,3,15,17H2,1-2H3/t22-,25+,27+,33+/m0/s1. The van der Waals surface area contributed by atoms with E-state index in [0.29, 0.717) is 16.8 Å². The lowest BCUT2D eigenvalue weighted by Crippen LogP contribution is -2.49. The van der Waals surface area contributed by atoms with Crippen molar-refractivity contribution in [3.05, 3.63) is 116 Å². The van der Waals surface area contributed by atoms with E-state index in [0.717, 1.165) is 15.5 Å². The molecule has 0 spiro atoms. The maximum atomic E-state index is 14.5. The molecular weight excluding hydrogens is 603 g/mol. The Balaban J connectivity index is 1.45. The van der Waals surface area contributed by atoms with Crippen molar-refractivity contribution in [1.82, 2.24) is 13.9 Å². The van der Waals surface area contributed by atoms with Crippen LogP contribution in [0, 0.1) is 17.2 Å². The molecule has 1 aliphatic carbocycles. The molecule has 1 aromatic heterocycles. The summed E-state index contributed by atoms with van der Waals surface area (Å²) in [6.07, 6.45) is 1.83. The first kappa shape index (κ1) is 28.8. The summed E-state index contributed by atoms with van der Waals surface area (Å²) in [5.41, 5.74) is -1.09. The van der Waals surface area contributed by atoms with Gasteiger partial charge in [0.05, 0.1) is 46.9 Å². The van der Waals surface area contributed by atoms with Crippen LogP contribution < -0.4 is 21.0 Å². The van der Waals surface area contributed by atoms with E-state index < -0.39 is 52.3 Å². The molecule has 4 atom stereocenters. The number of anilines is 1. The summed E-state index contributed by atoms with van der Waals surface area (Å²) in [6.45, 7) is 3.76. The quantitative estimate of drug-likeness (QED) is 0.255. The molecule has 3 aromatic carbocycles. The van der Waals surface area contributed by atoms with E-state index in [4.69, 9.17) is 16.3 Å². The number of benzene rings is 3. The first-order valence-corrected chi connectivity index (χ1v) is 14.9. The van der Waals surface area contributed by atoms with E-state index in [-0.39, 0.29) is 41.8 Å². The summed E-state index contributed by atoms with van der Waals surface area (Å²) in [4.78, 5) is 57.4. The summed E-state index contributed by atoms with van der Waals surface area (Å²) in [5.74, 6) is -3.66. The second-order valence-corrected chi connectivity index (χ2v) is 12.0. The van der Waals surface area contributed by atoms with Crippen LogP contribution in [-0.4, -0.2) is 37.5 Å². The molecule has 1 saturated carbocycles. The minimum absolute atomic E-state index is 0.0267.